The number of nitrogens with one attached hydrogen (secondary N) is 1. The van der Waals surface area contributed by atoms with E-state index in [4.69, 9.17) is 0 Å². The van der Waals surface area contributed by atoms with Crippen molar-refractivity contribution in [3.63, 3.8) is 0 Å². The first kappa shape index (κ1) is 16.7. The van der Waals surface area contributed by atoms with Crippen molar-refractivity contribution >= 4 is 5.91 Å². The first-order chi connectivity index (χ1) is 13.3. The molecule has 0 spiro atoms. The minimum Gasteiger partial charge on any atom is -0.341 e. The van der Waals surface area contributed by atoms with Gasteiger partial charge in [0.05, 0.1) is 6.04 Å². The zero-order valence-corrected chi connectivity index (χ0v) is 14.4. The average Bonchev–Trinajstić information content (AvgIpc) is 3.28. The van der Waals surface area contributed by atoms with E-state index in [0.29, 0.717) is 11.4 Å². The van der Waals surface area contributed by atoms with Crippen molar-refractivity contribution in [2.45, 2.75) is 6.04 Å². The zero-order valence-electron chi connectivity index (χ0n) is 14.4. The fraction of sp³-hybridized carbons (Fsp3) is 0.0476. The number of rotatable bonds is 5. The lowest BCUT2D eigenvalue weighted by molar-refractivity contribution is 0.0943. The molecule has 0 bridgehead atoms. The SMILES string of the molecule is O=C(N[C@@H](c1ccccc1)c1ccncc1)c1ccnc(-n2ccnc2)c1. The zero-order chi connectivity index (χ0) is 18.5. The molecule has 0 aliphatic heterocycles. The van der Waals surface area contributed by atoms with Crippen molar-refractivity contribution in [2.75, 3.05) is 0 Å². The van der Waals surface area contributed by atoms with Crippen molar-refractivity contribution in [3.05, 3.63) is 109 Å². The van der Waals surface area contributed by atoms with E-state index in [9.17, 15) is 4.79 Å². The Hall–Kier alpha value is -3.80. The number of aromatic nitrogens is 4. The van der Waals surface area contributed by atoms with Crippen LogP contribution in [0.5, 0.6) is 0 Å². The second kappa shape index (κ2) is 7.61. The lowest BCUT2D eigenvalue weighted by Crippen LogP contribution is -2.29. The number of imidazole rings is 1. The molecule has 3 aromatic heterocycles. The topological polar surface area (TPSA) is 72.7 Å². The van der Waals surface area contributed by atoms with Crippen molar-refractivity contribution in [2.24, 2.45) is 0 Å². The normalized spacial score (nSPS) is 11.7. The third-order valence-electron chi connectivity index (χ3n) is 4.22. The first-order valence-corrected chi connectivity index (χ1v) is 8.51. The van der Waals surface area contributed by atoms with Crippen LogP contribution in [-0.2, 0) is 0 Å². The highest BCUT2D eigenvalue weighted by Crippen LogP contribution is 2.22. The van der Waals surface area contributed by atoms with Crippen LogP contribution in [0.25, 0.3) is 5.82 Å². The minimum atomic E-state index is -0.272. The molecule has 1 N–H and O–H groups in total. The number of benzene rings is 1. The fourth-order valence-electron chi connectivity index (χ4n) is 2.87. The average molecular weight is 355 g/mol. The van der Waals surface area contributed by atoms with Crippen LogP contribution in [0.1, 0.15) is 27.5 Å². The Balaban J connectivity index is 1.64. The van der Waals surface area contributed by atoms with Crippen LogP contribution >= 0.6 is 0 Å². The van der Waals surface area contributed by atoms with Crippen LogP contribution in [0.3, 0.4) is 0 Å². The van der Waals surface area contributed by atoms with Gasteiger partial charge in [-0.15, -0.1) is 0 Å². The number of nitrogens with zero attached hydrogens (tertiary/aromatic N) is 4. The number of carbonyl (C=O) groups is 1. The maximum atomic E-state index is 12.9. The van der Waals surface area contributed by atoms with Gasteiger partial charge in [0.25, 0.3) is 5.91 Å². The molecule has 27 heavy (non-hydrogen) atoms. The van der Waals surface area contributed by atoms with Crippen molar-refractivity contribution < 1.29 is 4.79 Å². The summed E-state index contributed by atoms with van der Waals surface area (Å²) in [6, 6.07) is 16.8. The molecule has 4 aromatic rings. The molecule has 0 saturated carbocycles. The summed E-state index contributed by atoms with van der Waals surface area (Å²) in [7, 11) is 0. The van der Waals surface area contributed by atoms with E-state index >= 15 is 0 Å². The quantitative estimate of drug-likeness (QED) is 0.597. The molecule has 6 heteroatoms. The number of pyridine rings is 2. The molecule has 0 aliphatic rings. The predicted octanol–water partition coefficient (Wildman–Crippen LogP) is 3.18. The molecule has 3 heterocycles. The van der Waals surface area contributed by atoms with Crippen LogP contribution in [0.15, 0.2) is 91.9 Å². The van der Waals surface area contributed by atoms with E-state index in [1.807, 2.05) is 42.5 Å². The molecule has 4 rings (SSSR count). The van der Waals surface area contributed by atoms with Gasteiger partial charge in [-0.1, -0.05) is 30.3 Å². The van der Waals surface area contributed by atoms with Crippen LogP contribution in [-0.4, -0.2) is 25.4 Å². The highest BCUT2D eigenvalue weighted by Gasteiger charge is 2.18. The summed E-state index contributed by atoms with van der Waals surface area (Å²) in [6.07, 6.45) is 10.2. The van der Waals surface area contributed by atoms with Crippen LogP contribution in [0.2, 0.25) is 0 Å². The van der Waals surface area contributed by atoms with Gasteiger partial charge in [-0.2, -0.15) is 0 Å². The Morgan fingerprint density at radius 2 is 1.67 bits per heavy atom. The van der Waals surface area contributed by atoms with Gasteiger partial charge in [0.1, 0.15) is 12.1 Å². The molecule has 0 aliphatic carbocycles. The monoisotopic (exact) mass is 355 g/mol. The van der Waals surface area contributed by atoms with Gasteiger partial charge in [-0.05, 0) is 35.4 Å². The predicted molar refractivity (Wildman–Crippen MR) is 101 cm³/mol. The smallest absolute Gasteiger partial charge is 0.252 e. The second-order valence-electron chi connectivity index (χ2n) is 5.97. The van der Waals surface area contributed by atoms with Gasteiger partial charge >= 0.3 is 0 Å². The molecular formula is C21H17N5O. The molecule has 132 valence electrons. The van der Waals surface area contributed by atoms with Crippen LogP contribution in [0, 0.1) is 0 Å². The van der Waals surface area contributed by atoms with Gasteiger partial charge in [-0.3, -0.25) is 14.3 Å². The largest absolute Gasteiger partial charge is 0.341 e. The van der Waals surface area contributed by atoms with Crippen molar-refractivity contribution in [3.8, 4) is 5.82 Å². The molecule has 0 unspecified atom stereocenters. The Morgan fingerprint density at radius 1 is 0.889 bits per heavy atom. The van der Waals surface area contributed by atoms with Gasteiger partial charge in [-0.25, -0.2) is 9.97 Å². The molecule has 1 atom stereocenters. The summed E-state index contributed by atoms with van der Waals surface area (Å²) in [5.74, 6) is 0.463. The molecule has 0 radical (unpaired) electrons. The maximum Gasteiger partial charge on any atom is 0.252 e. The Labute approximate surface area is 156 Å². The van der Waals surface area contributed by atoms with Gasteiger partial charge in [0, 0.05) is 36.5 Å². The summed E-state index contributed by atoms with van der Waals surface area (Å²) in [5.41, 5.74) is 2.50. The third-order valence-corrected chi connectivity index (χ3v) is 4.22. The Morgan fingerprint density at radius 3 is 2.41 bits per heavy atom. The lowest BCUT2D eigenvalue weighted by Gasteiger charge is -2.20. The molecule has 0 saturated heterocycles. The van der Waals surface area contributed by atoms with Crippen LogP contribution < -0.4 is 5.32 Å². The summed E-state index contributed by atoms with van der Waals surface area (Å²) in [6.45, 7) is 0. The summed E-state index contributed by atoms with van der Waals surface area (Å²) < 4.78 is 1.76. The molecule has 1 aromatic carbocycles. The minimum absolute atomic E-state index is 0.176. The highest BCUT2D eigenvalue weighted by atomic mass is 16.1. The first-order valence-electron chi connectivity index (χ1n) is 8.51. The van der Waals surface area contributed by atoms with E-state index in [2.05, 4.69) is 20.3 Å². The lowest BCUT2D eigenvalue weighted by atomic mass is 9.99. The second-order valence-corrected chi connectivity index (χ2v) is 5.97. The molecule has 6 nitrogen and oxygen atoms in total. The Bertz CT molecular complexity index is 977. The van der Waals surface area contributed by atoms with Gasteiger partial charge in [0.2, 0.25) is 0 Å². The van der Waals surface area contributed by atoms with Crippen LogP contribution in [0.4, 0.5) is 0 Å². The molecule has 0 fully saturated rings. The van der Waals surface area contributed by atoms with E-state index < -0.39 is 0 Å². The maximum absolute atomic E-state index is 12.9. The fourth-order valence-corrected chi connectivity index (χ4v) is 2.87. The molecular weight excluding hydrogens is 338 g/mol. The standard InChI is InChI=1S/C21H17N5O/c27-21(18-8-11-24-19(14-18)26-13-12-23-15-26)25-20(16-4-2-1-3-5-16)17-6-9-22-10-7-17/h1-15,20H,(H,25,27)/t20-/m0/s1. The van der Waals surface area contributed by atoms with E-state index in [1.165, 1.54) is 0 Å². The van der Waals surface area contributed by atoms with Gasteiger partial charge < -0.3 is 5.32 Å². The number of hydrogen-bond acceptors (Lipinski definition) is 4. The number of carbonyl (C=O) groups excluding carboxylic acids is 1. The Kier molecular flexibility index (Phi) is 4.70. The third kappa shape index (κ3) is 3.74. The summed E-state index contributed by atoms with van der Waals surface area (Å²) in [4.78, 5) is 25.3. The van der Waals surface area contributed by atoms with E-state index in [1.54, 1.807) is 54.0 Å². The molecule has 1 amide bonds. The summed E-state index contributed by atoms with van der Waals surface area (Å²) in [5, 5.41) is 3.12. The highest BCUT2D eigenvalue weighted by molar-refractivity contribution is 5.95. The summed E-state index contributed by atoms with van der Waals surface area (Å²) >= 11 is 0. The number of hydrogen-bond donors (Lipinski definition) is 1. The van der Waals surface area contributed by atoms with E-state index in [-0.39, 0.29) is 11.9 Å². The van der Waals surface area contributed by atoms with Gasteiger partial charge in [0.15, 0.2) is 0 Å². The van der Waals surface area contributed by atoms with Crippen molar-refractivity contribution in [1.29, 1.82) is 0 Å². The number of amides is 1. The van der Waals surface area contributed by atoms with Crippen molar-refractivity contribution in [1.82, 2.24) is 24.8 Å². The van der Waals surface area contributed by atoms with E-state index in [0.717, 1.165) is 11.1 Å².